The van der Waals surface area contributed by atoms with E-state index in [4.69, 9.17) is 5.11 Å². The summed E-state index contributed by atoms with van der Waals surface area (Å²) in [6.07, 6.45) is 7.88. The third kappa shape index (κ3) is 2.57. The molecule has 16 heavy (non-hydrogen) atoms. The maximum absolute atomic E-state index is 11.0. The predicted octanol–water partition coefficient (Wildman–Crippen LogP) is 2.36. The average Bonchev–Trinajstić information content (AvgIpc) is 3.11. The van der Waals surface area contributed by atoms with Crippen LogP contribution in [0.25, 0.3) is 0 Å². The van der Waals surface area contributed by atoms with Crippen molar-refractivity contribution in [1.29, 1.82) is 0 Å². The van der Waals surface area contributed by atoms with Gasteiger partial charge in [0, 0.05) is 6.04 Å². The van der Waals surface area contributed by atoms with Gasteiger partial charge in [0.2, 0.25) is 0 Å². The summed E-state index contributed by atoms with van der Waals surface area (Å²) in [7, 11) is 1.97. The number of likely N-dealkylation sites (N-methyl/N-ethyl adjacent to an activating group) is 1. The van der Waals surface area contributed by atoms with Crippen LogP contribution in [0.15, 0.2) is 0 Å². The molecule has 2 rings (SSSR count). The highest BCUT2D eigenvalue weighted by Gasteiger charge is 2.37. The van der Waals surface area contributed by atoms with Crippen molar-refractivity contribution in [3.05, 3.63) is 0 Å². The summed E-state index contributed by atoms with van der Waals surface area (Å²) in [6.45, 7) is 1.79. The van der Waals surface area contributed by atoms with Crippen LogP contribution < -0.4 is 0 Å². The molecular weight excluding hydrogens is 202 g/mol. The SMILES string of the molecule is CC(C(=O)O)N(C)C1CCCC(C2CC2)C1. The van der Waals surface area contributed by atoms with Crippen molar-refractivity contribution in [3.63, 3.8) is 0 Å². The molecule has 0 aromatic heterocycles. The van der Waals surface area contributed by atoms with Crippen LogP contribution >= 0.6 is 0 Å². The molecule has 3 nitrogen and oxygen atoms in total. The van der Waals surface area contributed by atoms with Crippen LogP contribution in [0.3, 0.4) is 0 Å². The van der Waals surface area contributed by atoms with Gasteiger partial charge in [-0.25, -0.2) is 0 Å². The maximum Gasteiger partial charge on any atom is 0.320 e. The Morgan fingerprint density at radius 2 is 1.94 bits per heavy atom. The molecule has 0 bridgehead atoms. The molecule has 1 N–H and O–H groups in total. The fourth-order valence-corrected chi connectivity index (χ4v) is 3.06. The zero-order chi connectivity index (χ0) is 11.7. The summed E-state index contributed by atoms with van der Waals surface area (Å²) in [5, 5.41) is 9.03. The summed E-state index contributed by atoms with van der Waals surface area (Å²) >= 11 is 0. The van der Waals surface area contributed by atoms with Crippen molar-refractivity contribution in [2.24, 2.45) is 11.8 Å². The number of hydrogen-bond acceptors (Lipinski definition) is 2. The molecule has 0 saturated heterocycles. The minimum absolute atomic E-state index is 0.344. The molecule has 0 heterocycles. The first-order chi connectivity index (χ1) is 7.59. The zero-order valence-corrected chi connectivity index (χ0v) is 10.4. The lowest BCUT2D eigenvalue weighted by Gasteiger charge is -2.37. The van der Waals surface area contributed by atoms with Gasteiger partial charge in [-0.3, -0.25) is 9.69 Å². The molecule has 2 aliphatic rings. The summed E-state index contributed by atoms with van der Waals surface area (Å²) < 4.78 is 0. The minimum atomic E-state index is -0.698. The number of carboxylic acid groups (broad SMARTS) is 1. The number of hydrogen-bond donors (Lipinski definition) is 1. The first-order valence-electron chi connectivity index (χ1n) is 6.54. The van der Waals surface area contributed by atoms with Crippen LogP contribution in [0, 0.1) is 11.8 Å². The van der Waals surface area contributed by atoms with Crippen molar-refractivity contribution in [1.82, 2.24) is 4.90 Å². The number of nitrogens with zero attached hydrogens (tertiary/aromatic N) is 1. The van der Waals surface area contributed by atoms with Gasteiger partial charge in [-0.05, 0) is 51.5 Å². The Balaban J connectivity index is 1.90. The average molecular weight is 225 g/mol. The molecular formula is C13H23NO2. The first-order valence-corrected chi connectivity index (χ1v) is 6.54. The fourth-order valence-electron chi connectivity index (χ4n) is 3.06. The summed E-state index contributed by atoms with van der Waals surface area (Å²) in [5.74, 6) is 1.15. The van der Waals surface area contributed by atoms with Crippen molar-refractivity contribution >= 4 is 5.97 Å². The largest absolute Gasteiger partial charge is 0.480 e. The van der Waals surface area contributed by atoms with Gasteiger partial charge in [-0.15, -0.1) is 0 Å². The topological polar surface area (TPSA) is 40.5 Å². The second-order valence-corrected chi connectivity index (χ2v) is 5.60. The molecule has 3 unspecified atom stereocenters. The van der Waals surface area contributed by atoms with Crippen molar-refractivity contribution in [3.8, 4) is 0 Å². The van der Waals surface area contributed by atoms with E-state index < -0.39 is 5.97 Å². The first kappa shape index (κ1) is 11.9. The number of aliphatic carboxylic acids is 1. The number of carboxylic acids is 1. The molecule has 0 aromatic rings. The molecule has 0 spiro atoms. The molecule has 0 aliphatic heterocycles. The van der Waals surface area contributed by atoms with Crippen LogP contribution in [-0.4, -0.2) is 35.1 Å². The van der Waals surface area contributed by atoms with E-state index in [1.165, 1.54) is 38.5 Å². The van der Waals surface area contributed by atoms with E-state index in [9.17, 15) is 4.79 Å². The van der Waals surface area contributed by atoms with E-state index in [0.717, 1.165) is 11.8 Å². The maximum atomic E-state index is 11.0. The Labute approximate surface area is 97.8 Å². The van der Waals surface area contributed by atoms with Gasteiger partial charge in [0.1, 0.15) is 6.04 Å². The number of carbonyl (C=O) groups is 1. The van der Waals surface area contributed by atoms with Crippen LogP contribution in [0.5, 0.6) is 0 Å². The molecule has 2 fully saturated rings. The van der Waals surface area contributed by atoms with Gasteiger partial charge in [-0.1, -0.05) is 12.8 Å². The monoisotopic (exact) mass is 225 g/mol. The molecule has 2 saturated carbocycles. The van der Waals surface area contributed by atoms with Crippen molar-refractivity contribution in [2.45, 2.75) is 57.5 Å². The Morgan fingerprint density at radius 1 is 1.25 bits per heavy atom. The Kier molecular flexibility index (Phi) is 3.53. The van der Waals surface area contributed by atoms with Crippen LogP contribution in [0.2, 0.25) is 0 Å². The van der Waals surface area contributed by atoms with Gasteiger partial charge in [-0.2, -0.15) is 0 Å². The van der Waals surface area contributed by atoms with Gasteiger partial charge in [0.15, 0.2) is 0 Å². The van der Waals surface area contributed by atoms with E-state index in [-0.39, 0.29) is 6.04 Å². The normalized spacial score (nSPS) is 32.7. The summed E-state index contributed by atoms with van der Waals surface area (Å²) in [5.41, 5.74) is 0. The van der Waals surface area contributed by atoms with Gasteiger partial charge in [0.25, 0.3) is 0 Å². The summed E-state index contributed by atoms with van der Waals surface area (Å²) in [4.78, 5) is 13.0. The number of rotatable bonds is 4. The Hall–Kier alpha value is -0.570. The molecule has 3 heteroatoms. The van der Waals surface area contributed by atoms with Crippen LogP contribution in [0.4, 0.5) is 0 Å². The van der Waals surface area contributed by atoms with Crippen LogP contribution in [-0.2, 0) is 4.79 Å². The van der Waals surface area contributed by atoms with E-state index in [0.29, 0.717) is 6.04 Å². The van der Waals surface area contributed by atoms with E-state index >= 15 is 0 Å². The standard InChI is InChI=1S/C13H23NO2/c1-9(13(15)16)14(2)12-5-3-4-11(8-12)10-6-7-10/h9-12H,3-8H2,1-2H3,(H,15,16). The molecule has 0 radical (unpaired) electrons. The van der Waals surface area contributed by atoms with E-state index in [1.54, 1.807) is 6.92 Å². The van der Waals surface area contributed by atoms with Crippen LogP contribution in [0.1, 0.15) is 45.4 Å². The predicted molar refractivity (Wildman–Crippen MR) is 63.3 cm³/mol. The molecule has 0 aromatic carbocycles. The highest BCUT2D eigenvalue weighted by molar-refractivity contribution is 5.72. The van der Waals surface area contributed by atoms with E-state index in [2.05, 4.69) is 4.90 Å². The lowest BCUT2D eigenvalue weighted by Crippen LogP contribution is -2.45. The van der Waals surface area contributed by atoms with Gasteiger partial charge >= 0.3 is 5.97 Å². The van der Waals surface area contributed by atoms with Gasteiger partial charge in [0.05, 0.1) is 0 Å². The highest BCUT2D eigenvalue weighted by atomic mass is 16.4. The zero-order valence-electron chi connectivity index (χ0n) is 10.4. The van der Waals surface area contributed by atoms with Crippen molar-refractivity contribution < 1.29 is 9.90 Å². The molecule has 0 amide bonds. The second kappa shape index (κ2) is 4.74. The molecule has 3 atom stereocenters. The third-order valence-corrected chi connectivity index (χ3v) is 4.52. The second-order valence-electron chi connectivity index (χ2n) is 5.60. The lowest BCUT2D eigenvalue weighted by molar-refractivity contribution is -0.143. The molecule has 2 aliphatic carbocycles. The highest BCUT2D eigenvalue weighted by Crippen LogP contribution is 2.44. The Bertz CT molecular complexity index is 263. The Morgan fingerprint density at radius 3 is 2.50 bits per heavy atom. The van der Waals surface area contributed by atoms with Gasteiger partial charge < -0.3 is 5.11 Å². The van der Waals surface area contributed by atoms with E-state index in [1.807, 2.05) is 7.05 Å². The van der Waals surface area contributed by atoms with Crippen molar-refractivity contribution in [2.75, 3.05) is 7.05 Å². The smallest absolute Gasteiger partial charge is 0.320 e. The lowest BCUT2D eigenvalue weighted by atomic mass is 9.82. The quantitative estimate of drug-likeness (QED) is 0.798. The molecule has 92 valence electrons. The third-order valence-electron chi connectivity index (χ3n) is 4.52. The summed E-state index contributed by atoms with van der Waals surface area (Å²) in [6, 6.07) is 0.147. The minimum Gasteiger partial charge on any atom is -0.480 e. The fraction of sp³-hybridized carbons (Fsp3) is 0.923.